The van der Waals surface area contributed by atoms with Crippen molar-refractivity contribution < 1.29 is 13.2 Å². The fourth-order valence-corrected chi connectivity index (χ4v) is 4.28. The van der Waals surface area contributed by atoms with Crippen LogP contribution in [0.5, 0.6) is 0 Å². The number of ether oxygens (including phenoxy) is 1. The van der Waals surface area contributed by atoms with Gasteiger partial charge in [-0.15, -0.1) is 0 Å². The van der Waals surface area contributed by atoms with Gasteiger partial charge in [-0.2, -0.15) is 0 Å². The van der Waals surface area contributed by atoms with E-state index < -0.39 is 10.0 Å². The van der Waals surface area contributed by atoms with E-state index >= 15 is 0 Å². The molecule has 3 rings (SSSR count). The Morgan fingerprint density at radius 2 is 1.97 bits per heavy atom. The summed E-state index contributed by atoms with van der Waals surface area (Å²) in [5, 5.41) is 3.44. The van der Waals surface area contributed by atoms with Gasteiger partial charge in [0.05, 0.1) is 28.6 Å². The molecule has 0 aliphatic heterocycles. The predicted octanol–water partition coefficient (Wildman–Crippen LogP) is 4.02. The largest absolute Gasteiger partial charge is 0.378 e. The number of nitrogens with one attached hydrogen (secondary N) is 1. The normalized spacial score (nSPS) is 13.1. The average Bonchev–Trinajstić information content (AvgIpc) is 3.08. The van der Waals surface area contributed by atoms with E-state index in [1.54, 1.807) is 19.2 Å². The Morgan fingerprint density at radius 1 is 1.20 bits per heavy atom. The van der Waals surface area contributed by atoms with E-state index in [0.717, 1.165) is 35.6 Å². The Bertz CT molecular complexity index is 1120. The first-order valence-electron chi connectivity index (χ1n) is 10.1. The topological polar surface area (TPSA) is 76.5 Å². The van der Waals surface area contributed by atoms with Gasteiger partial charge in [0, 0.05) is 33.4 Å². The maximum Gasteiger partial charge on any atom is 0.242 e. The molecule has 0 aliphatic rings. The number of sulfonamides is 1. The number of hydrogen-bond acceptors (Lipinski definition) is 5. The van der Waals surface area contributed by atoms with E-state index in [1.165, 1.54) is 18.4 Å². The predicted molar refractivity (Wildman–Crippen MR) is 120 cm³/mol. The molecule has 0 bridgehead atoms. The lowest BCUT2D eigenvalue weighted by Gasteiger charge is -2.13. The monoisotopic (exact) mass is 430 g/mol. The molecule has 30 heavy (non-hydrogen) atoms. The minimum Gasteiger partial charge on any atom is -0.378 e. The van der Waals surface area contributed by atoms with E-state index in [1.807, 2.05) is 31.2 Å². The van der Waals surface area contributed by atoms with E-state index in [9.17, 15) is 8.42 Å². The number of rotatable bonds is 9. The first-order chi connectivity index (χ1) is 14.3. The van der Waals surface area contributed by atoms with Gasteiger partial charge in [0.2, 0.25) is 10.0 Å². The minimum absolute atomic E-state index is 0.0217. The number of anilines is 1. The first kappa shape index (κ1) is 22.3. The lowest BCUT2D eigenvalue weighted by atomic mass is 10.1. The van der Waals surface area contributed by atoms with Crippen LogP contribution in [0.4, 0.5) is 5.69 Å². The van der Waals surface area contributed by atoms with Gasteiger partial charge in [-0.1, -0.05) is 19.1 Å². The highest BCUT2D eigenvalue weighted by atomic mass is 32.2. The summed E-state index contributed by atoms with van der Waals surface area (Å²) >= 11 is 0. The third-order valence-electron chi connectivity index (χ3n) is 5.18. The zero-order valence-corrected chi connectivity index (χ0v) is 19.0. The second-order valence-corrected chi connectivity index (χ2v) is 9.63. The first-order valence-corrected chi connectivity index (χ1v) is 11.5. The summed E-state index contributed by atoms with van der Waals surface area (Å²) in [4.78, 5) is 5.00. The Hall–Kier alpha value is -2.42. The van der Waals surface area contributed by atoms with Crippen LogP contribution in [-0.2, 0) is 27.8 Å². The number of hydrogen-bond donors (Lipinski definition) is 1. The van der Waals surface area contributed by atoms with Crippen LogP contribution >= 0.6 is 0 Å². The van der Waals surface area contributed by atoms with Crippen LogP contribution in [-0.4, -0.2) is 43.5 Å². The van der Waals surface area contributed by atoms with Crippen LogP contribution < -0.4 is 5.32 Å². The number of aryl methyl sites for hydroxylation is 1. The Kier molecular flexibility index (Phi) is 6.80. The van der Waals surface area contributed by atoms with Crippen molar-refractivity contribution >= 4 is 26.7 Å². The van der Waals surface area contributed by atoms with E-state index in [0.29, 0.717) is 12.1 Å². The van der Waals surface area contributed by atoms with Gasteiger partial charge in [0.25, 0.3) is 0 Å². The molecule has 0 radical (unpaired) electrons. The van der Waals surface area contributed by atoms with Crippen molar-refractivity contribution in [1.29, 1.82) is 0 Å². The SMILES string of the molecule is CCCn1c(CNc2cccc(C(C)OC)c2)nc2cc(S(=O)(=O)N(C)C)ccc21. The van der Waals surface area contributed by atoms with Gasteiger partial charge < -0.3 is 14.6 Å². The Labute approximate surface area is 178 Å². The maximum absolute atomic E-state index is 12.5. The van der Waals surface area contributed by atoms with Gasteiger partial charge in [-0.05, 0) is 49.2 Å². The molecule has 1 unspecified atom stereocenters. The summed E-state index contributed by atoms with van der Waals surface area (Å²) in [6, 6.07) is 13.3. The highest BCUT2D eigenvalue weighted by Crippen LogP contribution is 2.24. The van der Waals surface area contributed by atoms with Gasteiger partial charge in [-0.25, -0.2) is 17.7 Å². The van der Waals surface area contributed by atoms with Crippen LogP contribution in [0.15, 0.2) is 47.4 Å². The number of benzene rings is 2. The molecule has 3 aromatic rings. The van der Waals surface area contributed by atoms with Crippen LogP contribution in [0.1, 0.15) is 37.8 Å². The molecule has 0 aliphatic carbocycles. The van der Waals surface area contributed by atoms with Crippen molar-refractivity contribution in [2.24, 2.45) is 0 Å². The molecule has 1 atom stereocenters. The van der Waals surface area contributed by atoms with Gasteiger partial charge >= 0.3 is 0 Å². The van der Waals surface area contributed by atoms with E-state index in [-0.39, 0.29) is 11.0 Å². The fourth-order valence-electron chi connectivity index (χ4n) is 3.36. The van der Waals surface area contributed by atoms with E-state index in [2.05, 4.69) is 22.9 Å². The molecule has 0 fully saturated rings. The number of aromatic nitrogens is 2. The molecule has 1 heterocycles. The molecule has 0 saturated heterocycles. The van der Waals surface area contributed by atoms with Crippen molar-refractivity contribution in [3.05, 3.63) is 53.9 Å². The molecule has 2 aromatic carbocycles. The number of imidazole rings is 1. The molecule has 0 amide bonds. The molecule has 162 valence electrons. The Morgan fingerprint density at radius 3 is 2.63 bits per heavy atom. The van der Waals surface area contributed by atoms with Crippen LogP contribution in [0.3, 0.4) is 0 Å². The van der Waals surface area contributed by atoms with Crippen molar-refractivity contribution in [2.75, 3.05) is 26.5 Å². The highest BCUT2D eigenvalue weighted by molar-refractivity contribution is 7.89. The van der Waals surface area contributed by atoms with Crippen molar-refractivity contribution in [3.8, 4) is 0 Å². The summed E-state index contributed by atoms with van der Waals surface area (Å²) < 4.78 is 33.7. The second-order valence-electron chi connectivity index (χ2n) is 7.47. The summed E-state index contributed by atoms with van der Waals surface area (Å²) in [6.07, 6.45) is 0.977. The lowest BCUT2D eigenvalue weighted by molar-refractivity contribution is 0.119. The molecule has 1 aromatic heterocycles. The zero-order valence-electron chi connectivity index (χ0n) is 18.2. The fraction of sp³-hybridized carbons (Fsp3) is 0.409. The molecule has 1 N–H and O–H groups in total. The smallest absolute Gasteiger partial charge is 0.242 e. The molecule has 8 heteroatoms. The van der Waals surface area contributed by atoms with Crippen LogP contribution in [0, 0.1) is 0 Å². The van der Waals surface area contributed by atoms with Gasteiger partial charge in [0.1, 0.15) is 5.82 Å². The highest BCUT2D eigenvalue weighted by Gasteiger charge is 2.19. The van der Waals surface area contributed by atoms with Crippen LogP contribution in [0.2, 0.25) is 0 Å². The summed E-state index contributed by atoms with van der Waals surface area (Å²) in [7, 11) is 1.26. The number of nitrogens with zero attached hydrogens (tertiary/aromatic N) is 3. The second kappa shape index (κ2) is 9.16. The number of methoxy groups -OCH3 is 1. The molecular formula is C22H30N4O3S. The van der Waals surface area contributed by atoms with Gasteiger partial charge in [0.15, 0.2) is 0 Å². The van der Waals surface area contributed by atoms with Crippen molar-refractivity contribution in [1.82, 2.24) is 13.9 Å². The third-order valence-corrected chi connectivity index (χ3v) is 7.00. The van der Waals surface area contributed by atoms with E-state index in [4.69, 9.17) is 9.72 Å². The van der Waals surface area contributed by atoms with Gasteiger partial charge in [-0.3, -0.25) is 0 Å². The average molecular weight is 431 g/mol. The minimum atomic E-state index is -3.50. The van der Waals surface area contributed by atoms with Crippen molar-refractivity contribution in [3.63, 3.8) is 0 Å². The van der Waals surface area contributed by atoms with Crippen LogP contribution in [0.25, 0.3) is 11.0 Å². The lowest BCUT2D eigenvalue weighted by Crippen LogP contribution is -2.22. The maximum atomic E-state index is 12.5. The molecular weight excluding hydrogens is 400 g/mol. The summed E-state index contributed by atoms with van der Waals surface area (Å²) in [5.74, 6) is 0.872. The standard InChI is InChI=1S/C22H30N4O3S/c1-6-12-26-21-11-10-19(30(27,28)25(3)4)14-20(21)24-22(26)15-23-18-9-7-8-17(13-18)16(2)29-5/h7-11,13-14,16,23H,6,12,15H2,1-5H3. The number of fused-ring (bicyclic) bond motifs is 1. The Balaban J connectivity index is 1.92. The molecule has 0 spiro atoms. The summed E-state index contributed by atoms with van der Waals surface area (Å²) in [5.41, 5.74) is 3.71. The quantitative estimate of drug-likeness (QED) is 0.555. The zero-order chi connectivity index (χ0) is 21.9. The third kappa shape index (κ3) is 4.50. The summed E-state index contributed by atoms with van der Waals surface area (Å²) in [6.45, 7) is 5.48. The molecule has 7 nitrogen and oxygen atoms in total. The van der Waals surface area contributed by atoms with Crippen molar-refractivity contribution in [2.45, 2.75) is 44.4 Å². The molecule has 0 saturated carbocycles.